The highest BCUT2D eigenvalue weighted by Crippen LogP contribution is 2.43. The van der Waals surface area contributed by atoms with Crippen LogP contribution >= 0.6 is 0 Å². The monoisotopic (exact) mass is 296 g/mol. The summed E-state index contributed by atoms with van der Waals surface area (Å²) < 4.78 is 63.0. The first-order valence-corrected chi connectivity index (χ1v) is 6.20. The lowest BCUT2D eigenvalue weighted by Gasteiger charge is -2.27. The fraction of sp³-hybridized carbons (Fsp3) is 0.538. The number of anilines is 1. The largest absolute Gasteiger partial charge is 0.455 e. The van der Waals surface area contributed by atoms with E-state index in [1.165, 1.54) is 24.3 Å². The van der Waals surface area contributed by atoms with E-state index < -0.39 is 18.1 Å². The van der Waals surface area contributed by atoms with Gasteiger partial charge in [-0.05, 0) is 31.5 Å². The number of nitrogens with zero attached hydrogens (tertiary/aromatic N) is 1. The summed E-state index contributed by atoms with van der Waals surface area (Å²) in [4.78, 5) is 1.94. The van der Waals surface area contributed by atoms with Crippen LogP contribution in [0, 0.1) is 0 Å². The molecule has 1 aromatic rings. The summed E-state index contributed by atoms with van der Waals surface area (Å²) in [7, 11) is 0. The first-order valence-electron chi connectivity index (χ1n) is 6.20. The van der Waals surface area contributed by atoms with E-state index in [0.717, 1.165) is 5.69 Å². The van der Waals surface area contributed by atoms with Gasteiger partial charge in [-0.3, -0.25) is 0 Å². The lowest BCUT2D eigenvalue weighted by Crippen LogP contribution is -2.45. The first-order chi connectivity index (χ1) is 9.15. The molecule has 114 valence electrons. The molecule has 7 heteroatoms. The Kier molecular flexibility index (Phi) is 4.96. The van der Waals surface area contributed by atoms with Gasteiger partial charge in [0, 0.05) is 18.8 Å². The fourth-order valence-electron chi connectivity index (χ4n) is 1.87. The summed E-state index contributed by atoms with van der Waals surface area (Å²) in [6, 6.07) is 2.99. The van der Waals surface area contributed by atoms with Crippen LogP contribution in [-0.2, 0) is 0 Å². The highest BCUT2D eigenvalue weighted by atomic mass is 19.4. The van der Waals surface area contributed by atoms with E-state index in [1.54, 1.807) is 0 Å². The molecule has 0 spiro atoms. The second kappa shape index (κ2) is 5.95. The fourth-order valence-corrected chi connectivity index (χ4v) is 1.87. The Morgan fingerprint density at radius 3 is 1.80 bits per heavy atom. The molecule has 1 aromatic carbocycles. The summed E-state index contributed by atoms with van der Waals surface area (Å²) in [6.45, 7) is 5.25. The van der Waals surface area contributed by atoms with Crippen LogP contribution in [0.2, 0.25) is 0 Å². The Hall–Kier alpha value is -1.37. The SMILES string of the molecule is CCN(CC)c1ccc([C@H](N)C(F)(F)C(F)(F)F)cc1. The van der Waals surface area contributed by atoms with E-state index in [1.807, 2.05) is 18.7 Å². The highest BCUT2D eigenvalue weighted by molar-refractivity contribution is 5.48. The van der Waals surface area contributed by atoms with E-state index in [2.05, 4.69) is 0 Å². The molecule has 1 atom stereocenters. The maximum absolute atomic E-state index is 13.1. The zero-order valence-corrected chi connectivity index (χ0v) is 11.2. The Balaban J connectivity index is 2.99. The molecule has 0 fully saturated rings. The lowest BCUT2D eigenvalue weighted by atomic mass is 10.0. The molecule has 0 radical (unpaired) electrons. The van der Waals surface area contributed by atoms with Crippen molar-refractivity contribution < 1.29 is 22.0 Å². The number of rotatable bonds is 5. The molecule has 0 aromatic heterocycles. The minimum atomic E-state index is -5.66. The van der Waals surface area contributed by atoms with Gasteiger partial charge in [0.15, 0.2) is 0 Å². The minimum absolute atomic E-state index is 0.247. The third-order valence-electron chi connectivity index (χ3n) is 3.15. The van der Waals surface area contributed by atoms with Crippen molar-refractivity contribution in [3.8, 4) is 0 Å². The molecule has 0 aliphatic heterocycles. The van der Waals surface area contributed by atoms with Gasteiger partial charge in [0.25, 0.3) is 0 Å². The van der Waals surface area contributed by atoms with Crippen LogP contribution in [-0.4, -0.2) is 25.2 Å². The van der Waals surface area contributed by atoms with Gasteiger partial charge in [-0.15, -0.1) is 0 Å². The van der Waals surface area contributed by atoms with Gasteiger partial charge in [-0.2, -0.15) is 22.0 Å². The van der Waals surface area contributed by atoms with Crippen molar-refractivity contribution >= 4 is 5.69 Å². The Morgan fingerprint density at radius 1 is 1.00 bits per heavy atom. The third-order valence-corrected chi connectivity index (χ3v) is 3.15. The molecule has 0 unspecified atom stereocenters. The predicted molar refractivity (Wildman–Crippen MR) is 67.9 cm³/mol. The Bertz CT molecular complexity index is 423. The average Bonchev–Trinajstić information content (AvgIpc) is 2.39. The van der Waals surface area contributed by atoms with Crippen molar-refractivity contribution in [3.63, 3.8) is 0 Å². The van der Waals surface area contributed by atoms with Crippen LogP contribution in [0.5, 0.6) is 0 Å². The molecule has 0 saturated heterocycles. The maximum atomic E-state index is 13.1. The standard InChI is InChI=1S/C13H17F5N2/c1-3-20(4-2)10-7-5-9(6-8-10)11(19)12(14,15)13(16,17)18/h5-8,11H,3-4,19H2,1-2H3/t11-/m0/s1. The molecule has 1 rings (SSSR count). The molecule has 0 aliphatic carbocycles. The summed E-state index contributed by atoms with van der Waals surface area (Å²) in [6.07, 6.45) is -5.66. The lowest BCUT2D eigenvalue weighted by molar-refractivity contribution is -0.291. The summed E-state index contributed by atoms with van der Waals surface area (Å²) >= 11 is 0. The number of halogens is 5. The normalized spacial score (nSPS) is 14.2. The van der Waals surface area contributed by atoms with E-state index >= 15 is 0 Å². The van der Waals surface area contributed by atoms with Gasteiger partial charge in [-0.1, -0.05) is 12.1 Å². The number of hydrogen-bond acceptors (Lipinski definition) is 2. The number of nitrogens with two attached hydrogens (primary N) is 1. The molecule has 0 bridgehead atoms. The smallest absolute Gasteiger partial charge is 0.372 e. The maximum Gasteiger partial charge on any atom is 0.455 e. The van der Waals surface area contributed by atoms with Gasteiger partial charge in [0.2, 0.25) is 0 Å². The Labute approximate surface area is 114 Å². The van der Waals surface area contributed by atoms with Crippen LogP contribution in [0.1, 0.15) is 25.5 Å². The van der Waals surface area contributed by atoms with Crippen LogP contribution in [0.3, 0.4) is 0 Å². The van der Waals surface area contributed by atoms with Crippen LogP contribution in [0.4, 0.5) is 27.6 Å². The van der Waals surface area contributed by atoms with Crippen molar-refractivity contribution in [3.05, 3.63) is 29.8 Å². The summed E-state index contributed by atoms with van der Waals surface area (Å²) in [5.41, 5.74) is 5.57. The predicted octanol–water partition coefficient (Wildman–Crippen LogP) is 3.73. The Morgan fingerprint density at radius 2 is 1.45 bits per heavy atom. The number of benzene rings is 1. The second-order valence-electron chi connectivity index (χ2n) is 4.36. The van der Waals surface area contributed by atoms with E-state index in [0.29, 0.717) is 13.1 Å². The molecule has 0 aliphatic rings. The van der Waals surface area contributed by atoms with E-state index in [4.69, 9.17) is 5.73 Å². The molecule has 0 saturated carbocycles. The topological polar surface area (TPSA) is 29.3 Å². The van der Waals surface area contributed by atoms with Gasteiger partial charge < -0.3 is 10.6 Å². The van der Waals surface area contributed by atoms with Crippen molar-refractivity contribution in [1.29, 1.82) is 0 Å². The van der Waals surface area contributed by atoms with E-state index in [9.17, 15) is 22.0 Å². The van der Waals surface area contributed by atoms with E-state index in [-0.39, 0.29) is 5.56 Å². The highest BCUT2D eigenvalue weighted by Gasteiger charge is 2.61. The molecular formula is C13H17F5N2. The number of hydrogen-bond donors (Lipinski definition) is 1. The van der Waals surface area contributed by atoms with Crippen molar-refractivity contribution in [2.45, 2.75) is 32.0 Å². The second-order valence-corrected chi connectivity index (χ2v) is 4.36. The van der Waals surface area contributed by atoms with Crippen molar-refractivity contribution in [2.24, 2.45) is 5.73 Å². The minimum Gasteiger partial charge on any atom is -0.372 e. The molecule has 2 N–H and O–H groups in total. The van der Waals surface area contributed by atoms with Crippen LogP contribution < -0.4 is 10.6 Å². The van der Waals surface area contributed by atoms with Crippen LogP contribution in [0.25, 0.3) is 0 Å². The molecular weight excluding hydrogens is 279 g/mol. The molecule has 2 nitrogen and oxygen atoms in total. The molecule has 0 heterocycles. The molecule has 0 amide bonds. The molecule has 20 heavy (non-hydrogen) atoms. The van der Waals surface area contributed by atoms with Gasteiger partial charge in [-0.25, -0.2) is 0 Å². The van der Waals surface area contributed by atoms with Crippen LogP contribution in [0.15, 0.2) is 24.3 Å². The summed E-state index contributed by atoms with van der Waals surface area (Å²) in [5, 5.41) is 0. The number of alkyl halides is 5. The zero-order chi connectivity index (χ0) is 15.6. The van der Waals surface area contributed by atoms with Crippen molar-refractivity contribution in [1.82, 2.24) is 0 Å². The van der Waals surface area contributed by atoms with Gasteiger partial charge >= 0.3 is 12.1 Å². The zero-order valence-electron chi connectivity index (χ0n) is 11.2. The average molecular weight is 296 g/mol. The summed E-state index contributed by atoms with van der Waals surface area (Å²) in [5.74, 6) is -4.95. The van der Waals surface area contributed by atoms with Gasteiger partial charge in [0.1, 0.15) is 6.04 Å². The van der Waals surface area contributed by atoms with Crippen molar-refractivity contribution in [2.75, 3.05) is 18.0 Å². The quantitative estimate of drug-likeness (QED) is 0.839. The third kappa shape index (κ3) is 3.20. The first kappa shape index (κ1) is 16.7. The van der Waals surface area contributed by atoms with Gasteiger partial charge in [0.05, 0.1) is 0 Å².